The van der Waals surface area contributed by atoms with Crippen molar-refractivity contribution in [3.8, 4) is 10.6 Å². The summed E-state index contributed by atoms with van der Waals surface area (Å²) >= 11 is 1.75. The molecule has 0 amide bonds. The minimum Gasteiger partial charge on any atom is -0.307 e. The molecule has 0 saturated heterocycles. The molecule has 0 atom stereocenters. The molecule has 96 valence electrons. The van der Waals surface area contributed by atoms with Crippen LogP contribution in [0.15, 0.2) is 24.5 Å². The van der Waals surface area contributed by atoms with Crippen molar-refractivity contribution in [1.82, 2.24) is 15.3 Å². The number of hydrogen-bond donors (Lipinski definition) is 1. The fourth-order valence-electron chi connectivity index (χ4n) is 1.56. The lowest BCUT2D eigenvalue weighted by molar-refractivity contribution is 0.425. The minimum atomic E-state index is 0.132. The first kappa shape index (κ1) is 13.2. The summed E-state index contributed by atoms with van der Waals surface area (Å²) in [5, 5.41) is 4.57. The Balaban J connectivity index is 2.17. The van der Waals surface area contributed by atoms with Gasteiger partial charge in [-0.1, -0.05) is 0 Å². The Morgan fingerprint density at radius 1 is 1.22 bits per heavy atom. The molecule has 0 aliphatic heterocycles. The van der Waals surface area contributed by atoms with Crippen LogP contribution >= 0.6 is 11.3 Å². The van der Waals surface area contributed by atoms with E-state index in [-0.39, 0.29) is 5.54 Å². The van der Waals surface area contributed by atoms with E-state index in [2.05, 4.69) is 43.0 Å². The second kappa shape index (κ2) is 5.16. The van der Waals surface area contributed by atoms with Crippen LogP contribution in [0, 0.1) is 6.92 Å². The lowest BCUT2D eigenvalue weighted by atomic mass is 10.1. The first-order valence-corrected chi connectivity index (χ1v) is 6.89. The molecule has 0 aromatic carbocycles. The molecular formula is C14H19N3S. The highest BCUT2D eigenvalue weighted by atomic mass is 32.1. The number of aromatic nitrogens is 2. The minimum absolute atomic E-state index is 0.132. The summed E-state index contributed by atoms with van der Waals surface area (Å²) in [4.78, 5) is 9.97. The molecule has 2 heterocycles. The van der Waals surface area contributed by atoms with Crippen molar-refractivity contribution in [2.24, 2.45) is 0 Å². The standard InChI is InChI=1S/C14H19N3S/c1-10-12(9-16-14(2,3)4)18-13(17-10)11-5-7-15-8-6-11/h5-8,16H,9H2,1-4H3. The van der Waals surface area contributed by atoms with Gasteiger partial charge in [-0.2, -0.15) is 0 Å². The predicted molar refractivity (Wildman–Crippen MR) is 76.7 cm³/mol. The highest BCUT2D eigenvalue weighted by Gasteiger charge is 2.13. The molecule has 2 aromatic rings. The summed E-state index contributed by atoms with van der Waals surface area (Å²) in [7, 11) is 0. The Labute approximate surface area is 112 Å². The summed E-state index contributed by atoms with van der Waals surface area (Å²) in [5.74, 6) is 0. The third-order valence-electron chi connectivity index (χ3n) is 2.60. The van der Waals surface area contributed by atoms with E-state index >= 15 is 0 Å². The second-order valence-electron chi connectivity index (χ2n) is 5.37. The zero-order chi connectivity index (χ0) is 13.2. The summed E-state index contributed by atoms with van der Waals surface area (Å²) in [6.07, 6.45) is 3.61. The first-order valence-electron chi connectivity index (χ1n) is 6.07. The van der Waals surface area contributed by atoms with E-state index in [0.29, 0.717) is 0 Å². The van der Waals surface area contributed by atoms with Crippen LogP contribution in [0.25, 0.3) is 10.6 Å². The smallest absolute Gasteiger partial charge is 0.124 e. The first-order chi connectivity index (χ1) is 8.46. The molecule has 2 aromatic heterocycles. The van der Waals surface area contributed by atoms with Gasteiger partial charge in [0.15, 0.2) is 0 Å². The van der Waals surface area contributed by atoms with Crippen LogP contribution in [-0.4, -0.2) is 15.5 Å². The molecular weight excluding hydrogens is 242 g/mol. The van der Waals surface area contributed by atoms with Gasteiger partial charge in [-0.25, -0.2) is 4.98 Å². The lowest BCUT2D eigenvalue weighted by Gasteiger charge is -2.19. The Morgan fingerprint density at radius 3 is 2.50 bits per heavy atom. The number of thiazole rings is 1. The molecule has 0 aliphatic carbocycles. The molecule has 18 heavy (non-hydrogen) atoms. The zero-order valence-electron chi connectivity index (χ0n) is 11.3. The largest absolute Gasteiger partial charge is 0.307 e. The van der Waals surface area contributed by atoms with Gasteiger partial charge in [0, 0.05) is 34.9 Å². The predicted octanol–water partition coefficient (Wildman–Crippen LogP) is 3.40. The molecule has 0 unspecified atom stereocenters. The van der Waals surface area contributed by atoms with Gasteiger partial charge >= 0.3 is 0 Å². The van der Waals surface area contributed by atoms with Crippen molar-refractivity contribution in [3.05, 3.63) is 35.1 Å². The fraction of sp³-hybridized carbons (Fsp3) is 0.429. The van der Waals surface area contributed by atoms with Crippen LogP contribution in [0.1, 0.15) is 31.3 Å². The number of rotatable bonds is 3. The SMILES string of the molecule is Cc1nc(-c2ccncc2)sc1CNC(C)(C)C. The monoisotopic (exact) mass is 261 g/mol. The van der Waals surface area contributed by atoms with E-state index in [9.17, 15) is 0 Å². The van der Waals surface area contributed by atoms with E-state index in [1.54, 1.807) is 23.7 Å². The normalized spacial score (nSPS) is 11.8. The van der Waals surface area contributed by atoms with E-state index in [1.165, 1.54) is 4.88 Å². The van der Waals surface area contributed by atoms with Gasteiger partial charge in [0.05, 0.1) is 5.69 Å². The van der Waals surface area contributed by atoms with E-state index in [1.807, 2.05) is 12.1 Å². The number of pyridine rings is 1. The van der Waals surface area contributed by atoms with Crippen LogP contribution in [0.3, 0.4) is 0 Å². The zero-order valence-corrected chi connectivity index (χ0v) is 12.1. The molecule has 1 N–H and O–H groups in total. The molecule has 0 aliphatic rings. The van der Waals surface area contributed by atoms with Gasteiger partial charge in [-0.05, 0) is 39.8 Å². The molecule has 0 radical (unpaired) electrons. The number of hydrogen-bond acceptors (Lipinski definition) is 4. The number of aryl methyl sites for hydroxylation is 1. The summed E-state index contributed by atoms with van der Waals surface area (Å²) in [6, 6.07) is 4.00. The van der Waals surface area contributed by atoms with Gasteiger partial charge in [-0.3, -0.25) is 4.98 Å². The molecule has 3 nitrogen and oxygen atoms in total. The van der Waals surface area contributed by atoms with Crippen molar-refractivity contribution >= 4 is 11.3 Å². The van der Waals surface area contributed by atoms with Crippen molar-refractivity contribution in [2.45, 2.75) is 39.8 Å². The highest BCUT2D eigenvalue weighted by molar-refractivity contribution is 7.15. The average molecular weight is 261 g/mol. The van der Waals surface area contributed by atoms with Crippen LogP contribution in [0.5, 0.6) is 0 Å². The van der Waals surface area contributed by atoms with E-state index in [4.69, 9.17) is 0 Å². The summed E-state index contributed by atoms with van der Waals surface area (Å²) in [6.45, 7) is 9.46. The molecule has 2 rings (SSSR count). The fourth-order valence-corrected chi connectivity index (χ4v) is 2.56. The maximum Gasteiger partial charge on any atom is 0.124 e. The quantitative estimate of drug-likeness (QED) is 0.920. The van der Waals surface area contributed by atoms with Crippen molar-refractivity contribution in [1.29, 1.82) is 0 Å². The van der Waals surface area contributed by atoms with Crippen LogP contribution in [-0.2, 0) is 6.54 Å². The van der Waals surface area contributed by atoms with Crippen molar-refractivity contribution in [3.63, 3.8) is 0 Å². The maximum atomic E-state index is 4.63. The molecule has 4 heteroatoms. The van der Waals surface area contributed by atoms with Gasteiger partial charge in [-0.15, -0.1) is 11.3 Å². The number of nitrogens with zero attached hydrogens (tertiary/aromatic N) is 2. The average Bonchev–Trinajstić information content (AvgIpc) is 2.68. The number of nitrogens with one attached hydrogen (secondary N) is 1. The Morgan fingerprint density at radius 2 is 1.89 bits per heavy atom. The highest BCUT2D eigenvalue weighted by Crippen LogP contribution is 2.27. The second-order valence-corrected chi connectivity index (χ2v) is 6.45. The molecule has 0 bridgehead atoms. The molecule has 0 fully saturated rings. The van der Waals surface area contributed by atoms with Crippen LogP contribution in [0.4, 0.5) is 0 Å². The Bertz CT molecular complexity index is 512. The van der Waals surface area contributed by atoms with Crippen LogP contribution in [0.2, 0.25) is 0 Å². The Hall–Kier alpha value is -1.26. The topological polar surface area (TPSA) is 37.8 Å². The summed E-state index contributed by atoms with van der Waals surface area (Å²) in [5.41, 5.74) is 2.39. The van der Waals surface area contributed by atoms with Gasteiger partial charge in [0.2, 0.25) is 0 Å². The molecule has 0 saturated carbocycles. The summed E-state index contributed by atoms with van der Waals surface area (Å²) < 4.78 is 0. The van der Waals surface area contributed by atoms with Crippen molar-refractivity contribution in [2.75, 3.05) is 0 Å². The third-order valence-corrected chi connectivity index (χ3v) is 3.81. The molecule has 0 spiro atoms. The van der Waals surface area contributed by atoms with Gasteiger partial charge in [0.25, 0.3) is 0 Å². The van der Waals surface area contributed by atoms with E-state index in [0.717, 1.165) is 22.8 Å². The van der Waals surface area contributed by atoms with Crippen molar-refractivity contribution < 1.29 is 0 Å². The third kappa shape index (κ3) is 3.37. The van der Waals surface area contributed by atoms with Gasteiger partial charge in [0.1, 0.15) is 5.01 Å². The van der Waals surface area contributed by atoms with E-state index < -0.39 is 0 Å². The van der Waals surface area contributed by atoms with Gasteiger partial charge < -0.3 is 5.32 Å². The maximum absolute atomic E-state index is 4.63. The Kier molecular flexibility index (Phi) is 3.78. The lowest BCUT2D eigenvalue weighted by Crippen LogP contribution is -2.34. The van der Waals surface area contributed by atoms with Crippen LogP contribution < -0.4 is 5.32 Å².